The van der Waals surface area contributed by atoms with Crippen molar-refractivity contribution in [2.75, 3.05) is 19.6 Å². The minimum atomic E-state index is 0. The summed E-state index contributed by atoms with van der Waals surface area (Å²) in [5.41, 5.74) is 0.834. The average molecular weight is 559 g/mol. The number of halogens is 2. The van der Waals surface area contributed by atoms with Crippen LogP contribution in [0.3, 0.4) is 0 Å². The molecule has 0 amide bonds. The number of guanidine groups is 1. The summed E-state index contributed by atoms with van der Waals surface area (Å²) in [5, 5.41) is 11.6. The zero-order valence-electron chi connectivity index (χ0n) is 18.0. The van der Waals surface area contributed by atoms with E-state index in [0.29, 0.717) is 29.3 Å². The Labute approximate surface area is 206 Å². The van der Waals surface area contributed by atoms with Gasteiger partial charge in [0.05, 0.1) is 0 Å². The van der Waals surface area contributed by atoms with E-state index in [4.69, 9.17) is 16.1 Å². The molecule has 1 aromatic carbocycles. The standard InChI is InChI=1S/C22H31ClN6O.HI/c1-2-24-22(26-18-10-12-29(13-11-18)19-8-3-4-9-19)25-15-20-27-21(28-30-20)16-6-5-7-17(23)14-16;/h5-7,14,18-19H,2-4,8-13,15H2,1H3,(H2,24,25,26);1H. The van der Waals surface area contributed by atoms with E-state index in [1.807, 2.05) is 24.3 Å². The van der Waals surface area contributed by atoms with E-state index in [9.17, 15) is 0 Å². The number of benzene rings is 1. The van der Waals surface area contributed by atoms with Gasteiger partial charge in [-0.05, 0) is 44.7 Å². The Hall–Kier alpha value is -1.39. The van der Waals surface area contributed by atoms with Crippen LogP contribution in [0.4, 0.5) is 0 Å². The molecule has 2 aliphatic rings. The van der Waals surface area contributed by atoms with Crippen LogP contribution in [0.1, 0.15) is 51.3 Å². The second kappa shape index (κ2) is 12.0. The molecule has 2 aromatic rings. The first-order valence-electron chi connectivity index (χ1n) is 11.1. The molecule has 0 spiro atoms. The van der Waals surface area contributed by atoms with E-state index in [1.165, 1.54) is 38.8 Å². The number of hydrogen-bond acceptors (Lipinski definition) is 5. The SMILES string of the molecule is CCNC(=NCc1nc(-c2cccc(Cl)c2)no1)NC1CCN(C2CCCC2)CC1.I. The van der Waals surface area contributed by atoms with E-state index >= 15 is 0 Å². The molecule has 9 heteroatoms. The summed E-state index contributed by atoms with van der Waals surface area (Å²) < 4.78 is 5.37. The molecule has 1 aliphatic carbocycles. The Balaban J connectivity index is 0.00000272. The van der Waals surface area contributed by atoms with Gasteiger partial charge in [0.1, 0.15) is 6.54 Å². The Morgan fingerprint density at radius 2 is 2.00 bits per heavy atom. The highest BCUT2D eigenvalue weighted by Gasteiger charge is 2.27. The molecule has 4 rings (SSSR count). The highest BCUT2D eigenvalue weighted by Crippen LogP contribution is 2.26. The molecule has 2 N–H and O–H groups in total. The van der Waals surface area contributed by atoms with Crippen molar-refractivity contribution in [3.63, 3.8) is 0 Å². The molecule has 2 heterocycles. The highest BCUT2D eigenvalue weighted by molar-refractivity contribution is 14.0. The summed E-state index contributed by atoms with van der Waals surface area (Å²) in [6, 6.07) is 8.69. The maximum Gasteiger partial charge on any atom is 0.248 e. The zero-order valence-corrected chi connectivity index (χ0v) is 21.1. The van der Waals surface area contributed by atoms with E-state index in [2.05, 4.69) is 37.6 Å². The Morgan fingerprint density at radius 1 is 1.23 bits per heavy atom. The third-order valence-corrected chi connectivity index (χ3v) is 6.21. The number of piperidine rings is 1. The third-order valence-electron chi connectivity index (χ3n) is 5.98. The van der Waals surface area contributed by atoms with Crippen LogP contribution < -0.4 is 10.6 Å². The van der Waals surface area contributed by atoms with Crippen molar-refractivity contribution in [2.45, 2.75) is 64.1 Å². The first kappa shape index (κ1) is 24.3. The van der Waals surface area contributed by atoms with Crippen molar-refractivity contribution in [1.29, 1.82) is 0 Å². The van der Waals surface area contributed by atoms with Crippen molar-refractivity contribution in [3.05, 3.63) is 35.2 Å². The van der Waals surface area contributed by atoms with Crippen molar-refractivity contribution in [2.24, 2.45) is 4.99 Å². The molecule has 2 fully saturated rings. The topological polar surface area (TPSA) is 78.6 Å². The molecular formula is C22H32ClIN6O. The molecule has 1 saturated heterocycles. The van der Waals surface area contributed by atoms with Crippen molar-refractivity contribution in [1.82, 2.24) is 25.7 Å². The highest BCUT2D eigenvalue weighted by atomic mass is 127. The van der Waals surface area contributed by atoms with Crippen LogP contribution in [-0.4, -0.2) is 52.7 Å². The Morgan fingerprint density at radius 3 is 2.71 bits per heavy atom. The maximum atomic E-state index is 6.05. The van der Waals surface area contributed by atoms with E-state index < -0.39 is 0 Å². The van der Waals surface area contributed by atoms with Gasteiger partial charge in [-0.1, -0.05) is 41.7 Å². The molecule has 7 nitrogen and oxygen atoms in total. The lowest BCUT2D eigenvalue weighted by molar-refractivity contribution is 0.150. The van der Waals surface area contributed by atoms with Gasteiger partial charge >= 0.3 is 0 Å². The van der Waals surface area contributed by atoms with Gasteiger partial charge in [0.25, 0.3) is 0 Å². The lowest BCUT2D eigenvalue weighted by atomic mass is 10.0. The molecule has 0 radical (unpaired) electrons. The second-order valence-corrected chi connectivity index (χ2v) is 8.55. The summed E-state index contributed by atoms with van der Waals surface area (Å²) >= 11 is 6.05. The first-order chi connectivity index (χ1) is 14.7. The van der Waals surface area contributed by atoms with Crippen LogP contribution in [0.5, 0.6) is 0 Å². The van der Waals surface area contributed by atoms with E-state index in [-0.39, 0.29) is 24.0 Å². The van der Waals surface area contributed by atoms with Crippen molar-refractivity contribution in [3.8, 4) is 11.4 Å². The molecule has 1 aliphatic heterocycles. The number of hydrogen-bond donors (Lipinski definition) is 2. The molecular weight excluding hydrogens is 527 g/mol. The summed E-state index contributed by atoms with van der Waals surface area (Å²) in [7, 11) is 0. The van der Waals surface area contributed by atoms with Gasteiger partial charge in [-0.3, -0.25) is 0 Å². The number of nitrogens with zero attached hydrogens (tertiary/aromatic N) is 4. The average Bonchev–Trinajstić information content (AvgIpc) is 3.45. The first-order valence-corrected chi connectivity index (χ1v) is 11.5. The second-order valence-electron chi connectivity index (χ2n) is 8.11. The van der Waals surface area contributed by atoms with Crippen LogP contribution in [0, 0.1) is 0 Å². The third kappa shape index (κ3) is 6.79. The molecule has 1 aromatic heterocycles. The molecule has 1 saturated carbocycles. The van der Waals surface area contributed by atoms with Gasteiger partial charge in [0.15, 0.2) is 5.96 Å². The Kier molecular flexibility index (Phi) is 9.40. The molecule has 0 atom stereocenters. The van der Waals surface area contributed by atoms with E-state index in [0.717, 1.165) is 37.0 Å². The van der Waals surface area contributed by atoms with Crippen LogP contribution in [0.15, 0.2) is 33.8 Å². The van der Waals surface area contributed by atoms with Gasteiger partial charge < -0.3 is 20.1 Å². The zero-order chi connectivity index (χ0) is 20.8. The summed E-state index contributed by atoms with van der Waals surface area (Å²) in [5.74, 6) is 1.82. The Bertz CT molecular complexity index is 846. The molecule has 31 heavy (non-hydrogen) atoms. The number of aliphatic imine (C=N–C) groups is 1. The number of rotatable bonds is 6. The van der Waals surface area contributed by atoms with Crippen molar-refractivity contribution >= 4 is 41.5 Å². The summed E-state index contributed by atoms with van der Waals surface area (Å²) in [4.78, 5) is 11.8. The predicted octanol–water partition coefficient (Wildman–Crippen LogP) is 4.47. The fourth-order valence-corrected chi connectivity index (χ4v) is 4.59. The lowest BCUT2D eigenvalue weighted by Gasteiger charge is -2.36. The largest absolute Gasteiger partial charge is 0.357 e. The van der Waals surface area contributed by atoms with Gasteiger partial charge in [-0.25, -0.2) is 4.99 Å². The fourth-order valence-electron chi connectivity index (χ4n) is 4.40. The van der Waals surface area contributed by atoms with Gasteiger partial charge in [0, 0.05) is 42.3 Å². The van der Waals surface area contributed by atoms with Gasteiger partial charge in [-0.15, -0.1) is 24.0 Å². The van der Waals surface area contributed by atoms with Crippen LogP contribution >= 0.6 is 35.6 Å². The monoisotopic (exact) mass is 558 g/mol. The molecule has 0 unspecified atom stereocenters. The minimum Gasteiger partial charge on any atom is -0.357 e. The quantitative estimate of drug-likeness (QED) is 0.309. The molecule has 170 valence electrons. The van der Waals surface area contributed by atoms with Crippen LogP contribution in [0.2, 0.25) is 5.02 Å². The van der Waals surface area contributed by atoms with Gasteiger partial charge in [0.2, 0.25) is 11.7 Å². The normalized spacial score (nSPS) is 18.7. The van der Waals surface area contributed by atoms with Crippen molar-refractivity contribution < 1.29 is 4.52 Å². The van der Waals surface area contributed by atoms with Gasteiger partial charge in [-0.2, -0.15) is 4.98 Å². The molecule has 0 bridgehead atoms. The van der Waals surface area contributed by atoms with Crippen LogP contribution in [-0.2, 0) is 6.54 Å². The summed E-state index contributed by atoms with van der Waals surface area (Å²) in [6.45, 7) is 5.57. The number of aromatic nitrogens is 2. The minimum absolute atomic E-state index is 0. The van der Waals surface area contributed by atoms with E-state index in [1.54, 1.807) is 0 Å². The van der Waals surface area contributed by atoms with Crippen LogP contribution in [0.25, 0.3) is 11.4 Å². The number of likely N-dealkylation sites (tertiary alicyclic amines) is 1. The maximum absolute atomic E-state index is 6.05. The smallest absolute Gasteiger partial charge is 0.248 e. The number of nitrogens with one attached hydrogen (secondary N) is 2. The lowest BCUT2D eigenvalue weighted by Crippen LogP contribution is -2.50. The predicted molar refractivity (Wildman–Crippen MR) is 135 cm³/mol. The summed E-state index contributed by atoms with van der Waals surface area (Å²) in [6.07, 6.45) is 7.86. The fraction of sp³-hybridized carbons (Fsp3) is 0.591.